The van der Waals surface area contributed by atoms with Gasteiger partial charge in [0.15, 0.2) is 5.78 Å². The van der Waals surface area contributed by atoms with Crippen LogP contribution in [0.3, 0.4) is 0 Å². The molecule has 122 valence electrons. The molecule has 6 heteroatoms. The first-order chi connectivity index (χ1) is 11.6. The topological polar surface area (TPSA) is 78.0 Å². The van der Waals surface area contributed by atoms with Crippen molar-refractivity contribution in [1.82, 2.24) is 9.78 Å². The molecule has 0 amide bonds. The zero-order valence-electron chi connectivity index (χ0n) is 13.1. The summed E-state index contributed by atoms with van der Waals surface area (Å²) in [5.74, 6) is -0.0884. The molecule has 0 saturated heterocycles. The Morgan fingerprint density at radius 2 is 2.21 bits per heavy atom. The fourth-order valence-corrected chi connectivity index (χ4v) is 4.15. The summed E-state index contributed by atoms with van der Waals surface area (Å²) in [5, 5.41) is 7.20. The molecular weight excluding hydrogens is 322 g/mol. The minimum atomic E-state index is -0.240. The number of aryl methyl sites for hydroxylation is 1. The molecule has 0 aliphatic heterocycles. The smallest absolute Gasteiger partial charge is 0.267 e. The van der Waals surface area contributed by atoms with Crippen molar-refractivity contribution in [2.75, 3.05) is 0 Å². The maximum absolute atomic E-state index is 12.6. The number of rotatable bonds is 3. The van der Waals surface area contributed by atoms with Gasteiger partial charge in [-0.2, -0.15) is 5.10 Å². The molecule has 2 N–H and O–H groups in total. The number of aromatic nitrogens is 2. The fraction of sp³-hybridized carbons (Fsp3) is 0.278. The van der Waals surface area contributed by atoms with Crippen LogP contribution in [-0.2, 0) is 19.4 Å². The summed E-state index contributed by atoms with van der Waals surface area (Å²) in [5.41, 5.74) is 8.17. The van der Waals surface area contributed by atoms with Crippen molar-refractivity contribution in [2.45, 2.75) is 31.8 Å². The lowest BCUT2D eigenvalue weighted by atomic mass is 9.93. The lowest BCUT2D eigenvalue weighted by molar-refractivity contribution is 0.0967. The first-order valence-electron chi connectivity index (χ1n) is 7.97. The van der Waals surface area contributed by atoms with Crippen LogP contribution in [0.1, 0.15) is 28.0 Å². The van der Waals surface area contributed by atoms with Gasteiger partial charge in [0.2, 0.25) is 0 Å². The third-order valence-electron chi connectivity index (χ3n) is 4.47. The highest BCUT2D eigenvalue weighted by molar-refractivity contribution is 7.17. The maximum Gasteiger partial charge on any atom is 0.267 e. The number of Topliss-reactive ketones (excluding diaryl/α,β-unsaturated/α-hetero) is 1. The van der Waals surface area contributed by atoms with Crippen LogP contribution in [-0.4, -0.2) is 21.6 Å². The molecule has 1 aliphatic rings. The van der Waals surface area contributed by atoms with E-state index >= 15 is 0 Å². The minimum absolute atomic E-state index is 0.0289. The number of hydrogen-bond acceptors (Lipinski definition) is 5. The molecule has 1 aliphatic carbocycles. The summed E-state index contributed by atoms with van der Waals surface area (Å²) in [6.07, 6.45) is 2.30. The summed E-state index contributed by atoms with van der Waals surface area (Å²) in [7, 11) is 0. The van der Waals surface area contributed by atoms with Crippen LogP contribution in [0, 0.1) is 0 Å². The van der Waals surface area contributed by atoms with Gasteiger partial charge in [-0.3, -0.25) is 9.59 Å². The van der Waals surface area contributed by atoms with E-state index in [1.807, 2.05) is 29.6 Å². The van der Waals surface area contributed by atoms with Crippen molar-refractivity contribution in [1.29, 1.82) is 0 Å². The molecule has 24 heavy (non-hydrogen) atoms. The summed E-state index contributed by atoms with van der Waals surface area (Å²) >= 11 is 1.54. The first-order valence-corrected chi connectivity index (χ1v) is 8.85. The van der Waals surface area contributed by atoms with Crippen LogP contribution in [0.25, 0.3) is 10.1 Å². The van der Waals surface area contributed by atoms with E-state index in [9.17, 15) is 9.59 Å². The molecule has 1 atom stereocenters. The van der Waals surface area contributed by atoms with Gasteiger partial charge < -0.3 is 5.73 Å². The van der Waals surface area contributed by atoms with Crippen LogP contribution in [0.15, 0.2) is 40.5 Å². The highest BCUT2D eigenvalue weighted by Crippen LogP contribution is 2.26. The van der Waals surface area contributed by atoms with E-state index < -0.39 is 0 Å². The van der Waals surface area contributed by atoms with E-state index in [-0.39, 0.29) is 23.9 Å². The van der Waals surface area contributed by atoms with Gasteiger partial charge in [-0.25, -0.2) is 4.68 Å². The first kappa shape index (κ1) is 15.2. The standard InChI is InChI=1S/C18H17N3O2S/c19-12-5-6-15-11(7-12)8-18(23)21(20-15)9-16(22)14-10-24-17-4-2-1-3-13(14)17/h1-4,8,10,12H,5-7,9,19H2. The molecule has 5 nitrogen and oxygen atoms in total. The van der Waals surface area contributed by atoms with Crippen molar-refractivity contribution in [3.8, 4) is 0 Å². The Morgan fingerprint density at radius 3 is 3.08 bits per heavy atom. The third-order valence-corrected chi connectivity index (χ3v) is 5.44. The molecule has 0 bridgehead atoms. The van der Waals surface area contributed by atoms with Gasteiger partial charge in [-0.15, -0.1) is 11.3 Å². The van der Waals surface area contributed by atoms with Gasteiger partial charge >= 0.3 is 0 Å². The fourth-order valence-electron chi connectivity index (χ4n) is 3.19. The number of ketones is 1. The van der Waals surface area contributed by atoms with E-state index in [0.717, 1.165) is 34.2 Å². The van der Waals surface area contributed by atoms with Gasteiger partial charge in [-0.05, 0) is 30.9 Å². The zero-order valence-corrected chi connectivity index (χ0v) is 13.9. The Labute approximate surface area is 142 Å². The highest BCUT2D eigenvalue weighted by atomic mass is 32.1. The summed E-state index contributed by atoms with van der Waals surface area (Å²) in [4.78, 5) is 24.9. The summed E-state index contributed by atoms with van der Waals surface area (Å²) in [6, 6.07) is 9.47. The highest BCUT2D eigenvalue weighted by Gasteiger charge is 2.20. The number of carbonyl (C=O) groups is 1. The van der Waals surface area contributed by atoms with Crippen LogP contribution in [0.4, 0.5) is 0 Å². The molecule has 0 saturated carbocycles. The number of benzene rings is 1. The van der Waals surface area contributed by atoms with Crippen LogP contribution in [0.5, 0.6) is 0 Å². The lowest BCUT2D eigenvalue weighted by Crippen LogP contribution is -2.34. The van der Waals surface area contributed by atoms with Gasteiger partial charge in [-0.1, -0.05) is 18.2 Å². The van der Waals surface area contributed by atoms with Crippen LogP contribution < -0.4 is 11.3 Å². The predicted molar refractivity (Wildman–Crippen MR) is 94.7 cm³/mol. The monoisotopic (exact) mass is 339 g/mol. The number of hydrogen-bond donors (Lipinski definition) is 1. The second-order valence-corrected chi connectivity index (χ2v) is 7.09. The predicted octanol–water partition coefficient (Wildman–Crippen LogP) is 2.16. The van der Waals surface area contributed by atoms with E-state index in [4.69, 9.17) is 5.73 Å². The second-order valence-electron chi connectivity index (χ2n) is 6.18. The normalized spacial score (nSPS) is 17.0. The van der Waals surface area contributed by atoms with Gasteiger partial charge in [0.05, 0.1) is 5.69 Å². The Morgan fingerprint density at radius 1 is 1.38 bits per heavy atom. The second kappa shape index (κ2) is 5.96. The van der Waals surface area contributed by atoms with Crippen molar-refractivity contribution in [3.05, 3.63) is 62.9 Å². The van der Waals surface area contributed by atoms with E-state index in [1.54, 1.807) is 6.07 Å². The lowest BCUT2D eigenvalue weighted by Gasteiger charge is -2.20. The van der Waals surface area contributed by atoms with E-state index in [1.165, 1.54) is 16.0 Å². The van der Waals surface area contributed by atoms with Crippen LogP contribution >= 0.6 is 11.3 Å². The van der Waals surface area contributed by atoms with E-state index in [0.29, 0.717) is 12.0 Å². The molecule has 4 rings (SSSR count). The molecule has 1 unspecified atom stereocenters. The molecular formula is C18H17N3O2S. The molecule has 0 radical (unpaired) electrons. The SMILES string of the molecule is NC1CCc2nn(CC(=O)c3csc4ccccc34)c(=O)cc2C1. The molecule has 2 heterocycles. The average molecular weight is 339 g/mol. The van der Waals surface area contributed by atoms with Gasteiger partial charge in [0.25, 0.3) is 5.56 Å². The van der Waals surface area contributed by atoms with Gasteiger partial charge in [0, 0.05) is 33.1 Å². The third kappa shape index (κ3) is 2.68. The number of carbonyl (C=O) groups excluding carboxylic acids is 1. The van der Waals surface area contributed by atoms with Crippen molar-refractivity contribution in [2.24, 2.45) is 5.73 Å². The molecule has 3 aromatic rings. The van der Waals surface area contributed by atoms with Crippen molar-refractivity contribution >= 4 is 27.2 Å². The van der Waals surface area contributed by atoms with E-state index in [2.05, 4.69) is 5.10 Å². The number of fused-ring (bicyclic) bond motifs is 2. The summed E-state index contributed by atoms with van der Waals surface area (Å²) < 4.78 is 2.35. The Hall–Kier alpha value is -2.31. The largest absolute Gasteiger partial charge is 0.327 e. The zero-order chi connectivity index (χ0) is 16.7. The number of nitrogens with zero attached hydrogens (tertiary/aromatic N) is 2. The van der Waals surface area contributed by atoms with Crippen LogP contribution in [0.2, 0.25) is 0 Å². The van der Waals surface area contributed by atoms with Crippen molar-refractivity contribution in [3.63, 3.8) is 0 Å². The number of thiophene rings is 1. The Kier molecular flexibility index (Phi) is 3.78. The Bertz CT molecular complexity index is 989. The number of nitrogens with two attached hydrogens (primary N) is 1. The summed E-state index contributed by atoms with van der Waals surface area (Å²) in [6.45, 7) is -0.0289. The quantitative estimate of drug-likeness (QED) is 0.742. The average Bonchev–Trinajstić information content (AvgIpc) is 3.00. The molecule has 2 aromatic heterocycles. The maximum atomic E-state index is 12.6. The van der Waals surface area contributed by atoms with Crippen molar-refractivity contribution < 1.29 is 4.79 Å². The Balaban J connectivity index is 1.66. The minimum Gasteiger partial charge on any atom is -0.327 e. The molecule has 0 spiro atoms. The molecule has 1 aromatic carbocycles. The molecule has 0 fully saturated rings. The van der Waals surface area contributed by atoms with Gasteiger partial charge in [0.1, 0.15) is 6.54 Å².